The number of carbonyl (C=O) groups excluding carboxylic acids is 1. The fourth-order valence-electron chi connectivity index (χ4n) is 4.00. The molecule has 0 bridgehead atoms. The highest BCUT2D eigenvalue weighted by atomic mass is 16.5. The van der Waals surface area contributed by atoms with E-state index in [0.29, 0.717) is 5.56 Å². The Balaban J connectivity index is 1.76. The van der Waals surface area contributed by atoms with Gasteiger partial charge in [0.05, 0.1) is 12.2 Å². The van der Waals surface area contributed by atoms with Crippen LogP contribution in [0.4, 0.5) is 0 Å². The molecule has 172 valence electrons. The minimum atomic E-state index is -1.82. The third kappa shape index (κ3) is 3.45. The van der Waals surface area contributed by atoms with Gasteiger partial charge >= 0.3 is 0 Å². The summed E-state index contributed by atoms with van der Waals surface area (Å²) in [5.74, 6) is -2.73. The molecule has 2 aliphatic heterocycles. The Kier molecular flexibility index (Phi) is 5.71. The van der Waals surface area contributed by atoms with Crippen LogP contribution >= 0.6 is 0 Å². The second kappa shape index (κ2) is 8.20. The molecule has 11 heteroatoms. The van der Waals surface area contributed by atoms with Gasteiger partial charge in [0.1, 0.15) is 59.1 Å². The summed E-state index contributed by atoms with van der Waals surface area (Å²) >= 11 is 0. The lowest BCUT2D eigenvalue weighted by Crippen LogP contribution is -2.55. The van der Waals surface area contributed by atoms with Gasteiger partial charge in [0.25, 0.3) is 0 Å². The molecule has 7 atom stereocenters. The monoisotopic (exact) mass is 450 g/mol. The average molecular weight is 450 g/mol. The molecule has 1 saturated heterocycles. The van der Waals surface area contributed by atoms with E-state index in [-0.39, 0.29) is 11.5 Å². The van der Waals surface area contributed by atoms with Crippen molar-refractivity contribution in [3.8, 4) is 23.0 Å². The Morgan fingerprint density at radius 1 is 0.875 bits per heavy atom. The van der Waals surface area contributed by atoms with Crippen LogP contribution in [0.1, 0.15) is 33.7 Å². The quantitative estimate of drug-likeness (QED) is 0.285. The zero-order chi connectivity index (χ0) is 23.3. The van der Waals surface area contributed by atoms with Gasteiger partial charge in [0.2, 0.25) is 5.78 Å². The number of rotatable bonds is 3. The summed E-state index contributed by atoms with van der Waals surface area (Å²) in [6.07, 6.45) is -11.1. The number of hydrogen-bond acceptors (Lipinski definition) is 11. The number of phenols is 3. The van der Waals surface area contributed by atoms with Gasteiger partial charge in [-0.15, -0.1) is 0 Å². The van der Waals surface area contributed by atoms with Crippen LogP contribution in [0.25, 0.3) is 0 Å². The maximum Gasteiger partial charge on any atom is 0.202 e. The molecule has 0 saturated carbocycles. The van der Waals surface area contributed by atoms with E-state index < -0.39 is 77.7 Å². The Bertz CT molecular complexity index is 1020. The maximum absolute atomic E-state index is 12.9. The van der Waals surface area contributed by atoms with Crippen molar-refractivity contribution >= 4 is 5.78 Å². The van der Waals surface area contributed by atoms with Crippen LogP contribution in [0.3, 0.4) is 0 Å². The van der Waals surface area contributed by atoms with Gasteiger partial charge in [0.15, 0.2) is 12.2 Å². The van der Waals surface area contributed by atoms with Gasteiger partial charge < -0.3 is 50.3 Å². The highest BCUT2D eigenvalue weighted by molar-refractivity contribution is 6.06. The number of benzene rings is 2. The van der Waals surface area contributed by atoms with Crippen LogP contribution < -0.4 is 4.74 Å². The summed E-state index contributed by atoms with van der Waals surface area (Å²) in [6.45, 7) is -0.733. The van der Waals surface area contributed by atoms with Crippen LogP contribution in [-0.4, -0.2) is 83.8 Å². The molecule has 2 aromatic rings. The summed E-state index contributed by atoms with van der Waals surface area (Å²) in [7, 11) is 0. The Morgan fingerprint density at radius 2 is 1.53 bits per heavy atom. The van der Waals surface area contributed by atoms with Crippen molar-refractivity contribution in [3.63, 3.8) is 0 Å². The topological polar surface area (TPSA) is 197 Å². The SMILES string of the molecule is O=C1c2c(cc(O)c([C@@H]3OC(CO)[C@@H](O)[C@H](O)C3O)c2O)O[C@H](c2ccc(O)cc2)[C@H]1O. The van der Waals surface area contributed by atoms with E-state index in [1.54, 1.807) is 0 Å². The lowest BCUT2D eigenvalue weighted by molar-refractivity contribution is -0.232. The molecule has 1 fully saturated rings. The van der Waals surface area contributed by atoms with Crippen LogP contribution in [-0.2, 0) is 4.74 Å². The minimum Gasteiger partial charge on any atom is -0.508 e. The molecule has 0 amide bonds. The standard InChI is InChI=1S/C21H22O11/c22-6-11-14(25)17(28)19(30)21(32-11)12-9(24)5-10-13(15(12)26)16(27)18(29)20(31-10)7-1-3-8(23)4-2-7/h1-5,11,14,17-26,28-30H,6H2/t11?,14-,17+,18+,19?,20-,21+/m1/s1. The molecule has 2 aromatic carbocycles. The Hall–Kier alpha value is -2.93. The summed E-state index contributed by atoms with van der Waals surface area (Å²) in [6, 6.07) is 6.53. The second-order valence-corrected chi connectivity index (χ2v) is 7.72. The van der Waals surface area contributed by atoms with Crippen molar-refractivity contribution in [3.05, 3.63) is 47.0 Å². The van der Waals surface area contributed by atoms with E-state index in [0.717, 1.165) is 6.07 Å². The molecular weight excluding hydrogens is 428 g/mol. The summed E-state index contributed by atoms with van der Waals surface area (Å²) in [5.41, 5.74) is -0.600. The lowest BCUT2D eigenvalue weighted by atomic mass is 9.86. The van der Waals surface area contributed by atoms with Crippen LogP contribution in [0.2, 0.25) is 0 Å². The van der Waals surface area contributed by atoms with Crippen LogP contribution in [0.15, 0.2) is 30.3 Å². The van der Waals surface area contributed by atoms with Crippen LogP contribution in [0.5, 0.6) is 23.0 Å². The number of fused-ring (bicyclic) bond motifs is 1. The highest BCUT2D eigenvalue weighted by Crippen LogP contribution is 2.49. The minimum absolute atomic E-state index is 0.0368. The molecule has 4 rings (SSSR count). The molecule has 2 heterocycles. The van der Waals surface area contributed by atoms with Gasteiger partial charge in [-0.2, -0.15) is 0 Å². The van der Waals surface area contributed by atoms with Gasteiger partial charge in [0, 0.05) is 6.07 Å². The van der Waals surface area contributed by atoms with Gasteiger partial charge in [-0.3, -0.25) is 4.79 Å². The Labute approximate surface area is 181 Å². The van der Waals surface area contributed by atoms with Gasteiger partial charge in [-0.1, -0.05) is 12.1 Å². The van der Waals surface area contributed by atoms with Crippen LogP contribution in [0, 0.1) is 0 Å². The molecule has 0 spiro atoms. The number of Topliss-reactive ketones (excluding diaryl/α,β-unsaturated/α-hetero) is 1. The number of aliphatic hydroxyl groups excluding tert-OH is 5. The first kappa shape index (κ1) is 22.3. The third-order valence-electron chi connectivity index (χ3n) is 5.74. The van der Waals surface area contributed by atoms with E-state index >= 15 is 0 Å². The third-order valence-corrected chi connectivity index (χ3v) is 5.74. The smallest absolute Gasteiger partial charge is 0.202 e. The number of ketones is 1. The first-order valence-corrected chi connectivity index (χ1v) is 9.72. The van der Waals surface area contributed by atoms with E-state index in [1.165, 1.54) is 24.3 Å². The van der Waals surface area contributed by atoms with Gasteiger partial charge in [-0.05, 0) is 17.7 Å². The predicted octanol–water partition coefficient (Wildman–Crippen LogP) is -1.00. The second-order valence-electron chi connectivity index (χ2n) is 7.72. The zero-order valence-electron chi connectivity index (χ0n) is 16.4. The lowest BCUT2D eigenvalue weighted by Gasteiger charge is -2.41. The van der Waals surface area contributed by atoms with E-state index in [1.807, 2.05) is 0 Å². The Morgan fingerprint density at radius 3 is 2.16 bits per heavy atom. The van der Waals surface area contributed by atoms with E-state index in [4.69, 9.17) is 9.47 Å². The van der Waals surface area contributed by atoms with Crippen molar-refractivity contribution in [1.82, 2.24) is 0 Å². The largest absolute Gasteiger partial charge is 0.508 e. The number of phenolic OH excluding ortho intramolecular Hbond substituents is 3. The molecule has 32 heavy (non-hydrogen) atoms. The number of carbonyl (C=O) groups is 1. The molecule has 2 unspecified atom stereocenters. The van der Waals surface area contributed by atoms with Crippen molar-refractivity contribution in [1.29, 1.82) is 0 Å². The number of aliphatic hydroxyl groups is 5. The summed E-state index contributed by atoms with van der Waals surface area (Å²) in [5, 5.41) is 80.9. The molecule has 8 N–H and O–H groups in total. The average Bonchev–Trinajstić information content (AvgIpc) is 2.76. The van der Waals surface area contributed by atoms with Crippen molar-refractivity contribution in [2.45, 2.75) is 42.7 Å². The number of ether oxygens (including phenoxy) is 2. The fourth-order valence-corrected chi connectivity index (χ4v) is 4.00. The first-order valence-electron chi connectivity index (χ1n) is 9.72. The number of aromatic hydroxyl groups is 3. The first-order chi connectivity index (χ1) is 15.1. The molecular formula is C21H22O11. The molecule has 2 aliphatic rings. The molecule has 0 aliphatic carbocycles. The fraction of sp³-hybridized carbons (Fsp3) is 0.381. The zero-order valence-corrected chi connectivity index (χ0v) is 16.4. The predicted molar refractivity (Wildman–Crippen MR) is 104 cm³/mol. The highest BCUT2D eigenvalue weighted by Gasteiger charge is 2.48. The van der Waals surface area contributed by atoms with E-state index in [2.05, 4.69) is 0 Å². The number of hydrogen-bond donors (Lipinski definition) is 8. The summed E-state index contributed by atoms with van der Waals surface area (Å²) < 4.78 is 11.0. The molecule has 0 radical (unpaired) electrons. The van der Waals surface area contributed by atoms with Crippen molar-refractivity contribution < 1.29 is 55.1 Å². The molecule has 11 nitrogen and oxygen atoms in total. The summed E-state index contributed by atoms with van der Waals surface area (Å²) in [4.78, 5) is 12.9. The maximum atomic E-state index is 12.9. The van der Waals surface area contributed by atoms with Crippen molar-refractivity contribution in [2.24, 2.45) is 0 Å². The van der Waals surface area contributed by atoms with Crippen molar-refractivity contribution in [2.75, 3.05) is 6.61 Å². The molecule has 0 aromatic heterocycles. The van der Waals surface area contributed by atoms with Gasteiger partial charge in [-0.25, -0.2) is 0 Å². The van der Waals surface area contributed by atoms with E-state index in [9.17, 15) is 45.6 Å². The normalized spacial score (nSPS) is 32.3.